The molecule has 2 unspecified atom stereocenters. The highest BCUT2D eigenvalue weighted by molar-refractivity contribution is 5.72. The van der Waals surface area contributed by atoms with E-state index in [-0.39, 0.29) is 0 Å². The van der Waals surface area contributed by atoms with E-state index >= 15 is 0 Å². The van der Waals surface area contributed by atoms with Crippen LogP contribution in [0.2, 0.25) is 0 Å². The quantitative estimate of drug-likeness (QED) is 0.721. The van der Waals surface area contributed by atoms with Gasteiger partial charge in [0, 0.05) is 0 Å². The average molecular weight is 210 g/mol. The molecule has 0 aliphatic carbocycles. The molecule has 8 heteroatoms. The Bertz CT molecular complexity index is 188. The highest BCUT2D eigenvalue weighted by atomic mass is 19.4. The van der Waals surface area contributed by atoms with Gasteiger partial charge < -0.3 is 5.11 Å². The number of carbonyl (C=O) groups is 1. The zero-order chi connectivity index (χ0) is 10.8. The first-order chi connectivity index (χ1) is 5.68. The van der Waals surface area contributed by atoms with E-state index in [1.54, 1.807) is 0 Å². The molecule has 0 aromatic rings. The first-order valence-corrected chi connectivity index (χ1v) is 2.89. The minimum atomic E-state index is -5.56. The second kappa shape index (κ2) is 3.84. The molecular weight excluding hydrogens is 206 g/mol. The maximum atomic E-state index is 12.1. The molecule has 1 N–H and O–H groups in total. The van der Waals surface area contributed by atoms with Crippen molar-refractivity contribution in [3.63, 3.8) is 0 Å². The molecule has 2 nitrogen and oxygen atoms in total. The van der Waals surface area contributed by atoms with Crippen LogP contribution in [0.1, 0.15) is 0 Å². The molecule has 0 spiro atoms. The van der Waals surface area contributed by atoms with Gasteiger partial charge in [0.1, 0.15) is 0 Å². The Morgan fingerprint density at radius 3 is 1.62 bits per heavy atom. The van der Waals surface area contributed by atoms with Crippen molar-refractivity contribution in [1.29, 1.82) is 0 Å². The first-order valence-electron chi connectivity index (χ1n) is 2.89. The molecule has 0 aromatic carbocycles. The van der Waals surface area contributed by atoms with Crippen molar-refractivity contribution < 1.29 is 36.2 Å². The van der Waals surface area contributed by atoms with Gasteiger partial charge in [0.05, 0.1) is 0 Å². The van der Waals surface area contributed by atoms with Crippen molar-refractivity contribution in [2.75, 3.05) is 0 Å². The lowest BCUT2D eigenvalue weighted by Crippen LogP contribution is -2.41. The van der Waals surface area contributed by atoms with E-state index in [0.29, 0.717) is 0 Å². The normalized spacial score (nSPS) is 17.2. The lowest BCUT2D eigenvalue weighted by molar-refractivity contribution is -0.227. The molecule has 78 valence electrons. The van der Waals surface area contributed by atoms with Gasteiger partial charge in [0.25, 0.3) is 6.43 Å². The van der Waals surface area contributed by atoms with E-state index in [0.717, 1.165) is 0 Å². The monoisotopic (exact) mass is 210 g/mol. The largest absolute Gasteiger partial charge is 0.479 e. The van der Waals surface area contributed by atoms with E-state index in [1.807, 2.05) is 0 Å². The minimum Gasteiger partial charge on any atom is -0.479 e. The Morgan fingerprint density at radius 1 is 1.15 bits per heavy atom. The van der Waals surface area contributed by atoms with Crippen LogP contribution in [0.4, 0.5) is 26.3 Å². The summed E-state index contributed by atoms with van der Waals surface area (Å²) in [6, 6.07) is 0. The SMILES string of the molecule is O=C(O)C(F)C(C(F)F)C(F)(F)F. The predicted molar refractivity (Wildman–Crippen MR) is 28.1 cm³/mol. The molecule has 0 rings (SSSR count). The second-order valence-corrected chi connectivity index (χ2v) is 2.14. The van der Waals surface area contributed by atoms with Crippen LogP contribution < -0.4 is 0 Å². The molecule has 0 saturated carbocycles. The summed E-state index contributed by atoms with van der Waals surface area (Å²) in [6.45, 7) is 0. The third-order valence-electron chi connectivity index (χ3n) is 1.20. The van der Waals surface area contributed by atoms with Crippen LogP contribution >= 0.6 is 0 Å². The topological polar surface area (TPSA) is 37.3 Å². The third-order valence-corrected chi connectivity index (χ3v) is 1.20. The van der Waals surface area contributed by atoms with Gasteiger partial charge in [-0.25, -0.2) is 18.0 Å². The molecule has 0 aliphatic rings. The molecule has 0 aliphatic heterocycles. The minimum absolute atomic E-state index is 2.55. The van der Waals surface area contributed by atoms with E-state index in [9.17, 15) is 31.1 Å². The Balaban J connectivity index is 4.72. The Hall–Kier alpha value is -0.950. The van der Waals surface area contributed by atoms with Crippen LogP contribution in [0.15, 0.2) is 0 Å². The van der Waals surface area contributed by atoms with Gasteiger partial charge in [-0.15, -0.1) is 0 Å². The summed E-state index contributed by atoms with van der Waals surface area (Å²) in [5, 5.41) is 7.76. The fourth-order valence-electron chi connectivity index (χ4n) is 0.590. The van der Waals surface area contributed by atoms with Crippen molar-refractivity contribution in [2.45, 2.75) is 18.8 Å². The summed E-state index contributed by atoms with van der Waals surface area (Å²) in [4.78, 5) is 9.68. The number of alkyl halides is 6. The molecule has 0 bridgehead atoms. The highest BCUT2D eigenvalue weighted by Gasteiger charge is 2.53. The van der Waals surface area contributed by atoms with E-state index in [2.05, 4.69) is 0 Å². The molecule has 13 heavy (non-hydrogen) atoms. The fraction of sp³-hybridized carbons (Fsp3) is 0.800. The molecule has 0 saturated heterocycles. The van der Waals surface area contributed by atoms with Crippen molar-refractivity contribution in [3.8, 4) is 0 Å². The molecule has 0 radical (unpaired) electrons. The Morgan fingerprint density at radius 2 is 1.54 bits per heavy atom. The van der Waals surface area contributed by atoms with Gasteiger partial charge in [-0.2, -0.15) is 13.2 Å². The zero-order valence-corrected chi connectivity index (χ0v) is 5.86. The number of hydrogen-bond donors (Lipinski definition) is 1. The smallest absolute Gasteiger partial charge is 0.400 e. The van der Waals surface area contributed by atoms with Crippen molar-refractivity contribution >= 4 is 5.97 Å². The van der Waals surface area contributed by atoms with Gasteiger partial charge >= 0.3 is 12.1 Å². The summed E-state index contributed by atoms with van der Waals surface area (Å²) in [5.74, 6) is -6.33. The van der Waals surface area contributed by atoms with Crippen LogP contribution in [0.25, 0.3) is 0 Å². The van der Waals surface area contributed by atoms with Crippen LogP contribution in [-0.4, -0.2) is 29.8 Å². The number of halogens is 6. The molecule has 0 amide bonds. The number of aliphatic carboxylic acids is 1. The van der Waals surface area contributed by atoms with Gasteiger partial charge in [0.15, 0.2) is 5.92 Å². The van der Waals surface area contributed by atoms with Crippen LogP contribution in [0.5, 0.6) is 0 Å². The Labute approximate surface area is 68.1 Å². The van der Waals surface area contributed by atoms with Crippen LogP contribution in [-0.2, 0) is 4.79 Å². The van der Waals surface area contributed by atoms with Crippen LogP contribution in [0.3, 0.4) is 0 Å². The third kappa shape index (κ3) is 3.11. The summed E-state index contributed by atoms with van der Waals surface area (Å²) >= 11 is 0. The molecule has 2 atom stereocenters. The van der Waals surface area contributed by atoms with Crippen LogP contribution in [0, 0.1) is 5.92 Å². The van der Waals surface area contributed by atoms with Gasteiger partial charge in [-0.05, 0) is 0 Å². The highest BCUT2D eigenvalue weighted by Crippen LogP contribution is 2.35. The van der Waals surface area contributed by atoms with Crippen molar-refractivity contribution in [1.82, 2.24) is 0 Å². The van der Waals surface area contributed by atoms with Crippen molar-refractivity contribution in [2.24, 2.45) is 5.92 Å². The maximum absolute atomic E-state index is 12.1. The van der Waals surface area contributed by atoms with Crippen molar-refractivity contribution in [3.05, 3.63) is 0 Å². The number of carboxylic acids is 1. The molecule has 0 aromatic heterocycles. The molecule has 0 fully saturated rings. The average Bonchev–Trinajstić information content (AvgIpc) is 1.82. The standard InChI is InChI=1S/C5H4F6O2/c6-2(4(12)13)1(3(7)8)5(9,10)11/h1-3H,(H,12,13). The summed E-state index contributed by atoms with van der Waals surface area (Å²) in [6.07, 6.45) is -13.3. The first kappa shape index (κ1) is 12.0. The molecule has 0 heterocycles. The fourth-order valence-corrected chi connectivity index (χ4v) is 0.590. The summed E-state index contributed by atoms with van der Waals surface area (Å²) in [5.41, 5.74) is 0. The Kier molecular flexibility index (Phi) is 3.56. The number of hydrogen-bond acceptors (Lipinski definition) is 1. The van der Waals surface area contributed by atoms with E-state index in [1.165, 1.54) is 0 Å². The molecular formula is C5H4F6O2. The lowest BCUT2D eigenvalue weighted by Gasteiger charge is -2.19. The summed E-state index contributed by atoms with van der Waals surface area (Å²) in [7, 11) is 0. The maximum Gasteiger partial charge on any atom is 0.400 e. The van der Waals surface area contributed by atoms with Gasteiger partial charge in [-0.3, -0.25) is 0 Å². The van der Waals surface area contributed by atoms with Gasteiger partial charge in [0.2, 0.25) is 6.17 Å². The predicted octanol–water partition coefficient (Wildman–Crippen LogP) is 1.85. The summed E-state index contributed by atoms with van der Waals surface area (Å²) < 4.78 is 70.1. The van der Waals surface area contributed by atoms with Gasteiger partial charge in [-0.1, -0.05) is 0 Å². The van der Waals surface area contributed by atoms with E-state index in [4.69, 9.17) is 5.11 Å². The zero-order valence-electron chi connectivity index (χ0n) is 5.86. The second-order valence-electron chi connectivity index (χ2n) is 2.14. The lowest BCUT2D eigenvalue weighted by atomic mass is 10.0. The number of rotatable bonds is 3. The number of carboxylic acid groups (broad SMARTS) is 1. The van der Waals surface area contributed by atoms with E-state index < -0.39 is 30.7 Å².